The molecule has 2 amide bonds. The summed E-state index contributed by atoms with van der Waals surface area (Å²) in [4.78, 5) is 33.2. The van der Waals surface area contributed by atoms with Gasteiger partial charge < -0.3 is 15.3 Å². The second kappa shape index (κ2) is 10.3. The minimum atomic E-state index is -1.08. The van der Waals surface area contributed by atoms with E-state index in [0.717, 1.165) is 48.2 Å². The normalized spacial score (nSPS) is 14.4. The molecule has 1 aliphatic rings. The van der Waals surface area contributed by atoms with Crippen molar-refractivity contribution in [2.45, 2.75) is 0 Å². The number of carbonyl (C=O) groups excluding carboxylic acids is 1. The summed E-state index contributed by atoms with van der Waals surface area (Å²) in [6.45, 7) is 3.97. The number of halogens is 1. The third-order valence-electron chi connectivity index (χ3n) is 5.14. The SMILES string of the molecule is CNC(=O)CN(CCN1CCN(c2cccc(-c3ccc(Cl)cc3)n2)CC1)C(=O)O. The summed E-state index contributed by atoms with van der Waals surface area (Å²) in [5.74, 6) is 0.614. The molecule has 2 heterocycles. The molecule has 2 aromatic rings. The van der Waals surface area contributed by atoms with E-state index in [1.165, 1.54) is 7.05 Å². The topological polar surface area (TPSA) is 89.0 Å². The highest BCUT2D eigenvalue weighted by atomic mass is 35.5. The number of nitrogens with one attached hydrogen (secondary N) is 1. The highest BCUT2D eigenvalue weighted by molar-refractivity contribution is 6.30. The zero-order valence-corrected chi connectivity index (χ0v) is 17.7. The maximum atomic E-state index is 11.5. The van der Waals surface area contributed by atoms with E-state index in [1.54, 1.807) is 0 Å². The zero-order valence-electron chi connectivity index (χ0n) is 16.9. The Labute approximate surface area is 181 Å². The Morgan fingerprint density at radius 1 is 1.13 bits per heavy atom. The Kier molecular flexibility index (Phi) is 7.48. The third kappa shape index (κ3) is 5.84. The van der Waals surface area contributed by atoms with E-state index in [2.05, 4.69) is 15.1 Å². The third-order valence-corrected chi connectivity index (χ3v) is 5.39. The van der Waals surface area contributed by atoms with Gasteiger partial charge in [0.15, 0.2) is 0 Å². The Hall–Kier alpha value is -2.84. The first-order valence-corrected chi connectivity index (χ1v) is 10.2. The molecule has 3 rings (SSSR count). The number of benzene rings is 1. The van der Waals surface area contributed by atoms with Crippen LogP contribution in [0.25, 0.3) is 11.3 Å². The molecule has 1 aromatic heterocycles. The minimum Gasteiger partial charge on any atom is -0.465 e. The van der Waals surface area contributed by atoms with Crippen molar-refractivity contribution in [1.82, 2.24) is 20.1 Å². The highest BCUT2D eigenvalue weighted by Gasteiger charge is 2.21. The van der Waals surface area contributed by atoms with Crippen LogP contribution in [0.2, 0.25) is 5.02 Å². The van der Waals surface area contributed by atoms with E-state index in [-0.39, 0.29) is 12.5 Å². The molecule has 1 saturated heterocycles. The van der Waals surface area contributed by atoms with E-state index < -0.39 is 6.09 Å². The molecular weight excluding hydrogens is 406 g/mol. The van der Waals surface area contributed by atoms with Crippen molar-refractivity contribution in [1.29, 1.82) is 0 Å². The van der Waals surface area contributed by atoms with Gasteiger partial charge in [-0.3, -0.25) is 14.6 Å². The summed E-state index contributed by atoms with van der Waals surface area (Å²) in [6.07, 6.45) is -1.08. The Bertz CT molecular complexity index is 869. The maximum Gasteiger partial charge on any atom is 0.407 e. The molecule has 0 bridgehead atoms. The number of nitrogens with zero attached hydrogens (tertiary/aromatic N) is 4. The van der Waals surface area contributed by atoms with E-state index >= 15 is 0 Å². The number of carbonyl (C=O) groups is 2. The molecule has 9 heteroatoms. The van der Waals surface area contributed by atoms with Gasteiger partial charge in [-0.25, -0.2) is 9.78 Å². The van der Waals surface area contributed by atoms with Crippen molar-refractivity contribution in [3.05, 3.63) is 47.5 Å². The molecule has 30 heavy (non-hydrogen) atoms. The summed E-state index contributed by atoms with van der Waals surface area (Å²) in [7, 11) is 1.50. The van der Waals surface area contributed by atoms with Gasteiger partial charge in [-0.05, 0) is 24.3 Å². The van der Waals surface area contributed by atoms with Crippen LogP contribution in [0.5, 0.6) is 0 Å². The first-order chi connectivity index (χ1) is 14.5. The van der Waals surface area contributed by atoms with Crippen LogP contribution >= 0.6 is 11.6 Å². The molecular formula is C21H26ClN5O3. The van der Waals surface area contributed by atoms with Crippen LogP contribution in [0, 0.1) is 0 Å². The van der Waals surface area contributed by atoms with Gasteiger partial charge in [0, 0.05) is 56.9 Å². The molecule has 0 unspecified atom stereocenters. The average Bonchev–Trinajstić information content (AvgIpc) is 2.77. The fourth-order valence-electron chi connectivity index (χ4n) is 3.34. The lowest BCUT2D eigenvalue weighted by Gasteiger charge is -2.36. The number of likely N-dealkylation sites (N-methyl/N-ethyl adjacent to an activating group) is 1. The van der Waals surface area contributed by atoms with Gasteiger partial charge in [0.2, 0.25) is 5.91 Å². The standard InChI is InChI=1S/C21H26ClN5O3/c1-23-20(28)15-27(21(29)30)14-11-25-9-12-26(13-10-25)19-4-2-3-18(24-19)16-5-7-17(22)8-6-16/h2-8H,9-15H2,1H3,(H,23,28)(H,29,30). The van der Waals surface area contributed by atoms with Crippen LogP contribution in [0.15, 0.2) is 42.5 Å². The molecule has 8 nitrogen and oxygen atoms in total. The van der Waals surface area contributed by atoms with Gasteiger partial charge in [0.25, 0.3) is 0 Å². The van der Waals surface area contributed by atoms with E-state index in [9.17, 15) is 14.7 Å². The molecule has 0 radical (unpaired) electrons. The summed E-state index contributed by atoms with van der Waals surface area (Å²) in [5, 5.41) is 12.4. The lowest BCUT2D eigenvalue weighted by atomic mass is 10.1. The van der Waals surface area contributed by atoms with Crippen LogP contribution in [0.1, 0.15) is 0 Å². The molecule has 0 spiro atoms. The molecule has 0 saturated carbocycles. The van der Waals surface area contributed by atoms with Gasteiger partial charge in [-0.1, -0.05) is 29.8 Å². The number of hydrogen-bond donors (Lipinski definition) is 2. The number of rotatable bonds is 7. The lowest BCUT2D eigenvalue weighted by molar-refractivity contribution is -0.121. The largest absolute Gasteiger partial charge is 0.465 e. The van der Waals surface area contributed by atoms with Crippen molar-refractivity contribution in [2.24, 2.45) is 0 Å². The second-order valence-electron chi connectivity index (χ2n) is 7.09. The van der Waals surface area contributed by atoms with Gasteiger partial charge in [0.05, 0.1) is 5.69 Å². The molecule has 1 fully saturated rings. The fraction of sp³-hybridized carbons (Fsp3) is 0.381. The van der Waals surface area contributed by atoms with Crippen molar-refractivity contribution >= 4 is 29.4 Å². The number of carboxylic acid groups (broad SMARTS) is 1. The summed E-state index contributed by atoms with van der Waals surface area (Å²) >= 11 is 5.97. The molecule has 0 atom stereocenters. The number of piperazine rings is 1. The zero-order chi connectivity index (χ0) is 21.5. The summed E-state index contributed by atoms with van der Waals surface area (Å²) in [5.41, 5.74) is 1.92. The summed E-state index contributed by atoms with van der Waals surface area (Å²) < 4.78 is 0. The van der Waals surface area contributed by atoms with Crippen LogP contribution in [0.4, 0.5) is 10.6 Å². The van der Waals surface area contributed by atoms with Crippen LogP contribution in [-0.2, 0) is 4.79 Å². The quantitative estimate of drug-likeness (QED) is 0.699. The van der Waals surface area contributed by atoms with E-state index in [1.807, 2.05) is 42.5 Å². The molecule has 1 aliphatic heterocycles. The minimum absolute atomic E-state index is 0.146. The van der Waals surface area contributed by atoms with Crippen molar-refractivity contribution in [2.75, 3.05) is 57.8 Å². The molecule has 1 aromatic carbocycles. The smallest absolute Gasteiger partial charge is 0.407 e. The van der Waals surface area contributed by atoms with Gasteiger partial charge in [0.1, 0.15) is 12.4 Å². The van der Waals surface area contributed by atoms with Crippen molar-refractivity contribution < 1.29 is 14.7 Å². The number of hydrogen-bond acceptors (Lipinski definition) is 5. The maximum absolute atomic E-state index is 11.5. The van der Waals surface area contributed by atoms with Crippen LogP contribution < -0.4 is 10.2 Å². The van der Waals surface area contributed by atoms with Gasteiger partial charge in [-0.2, -0.15) is 0 Å². The Morgan fingerprint density at radius 2 is 1.83 bits per heavy atom. The number of pyridine rings is 1. The second-order valence-corrected chi connectivity index (χ2v) is 7.53. The number of aromatic nitrogens is 1. The lowest BCUT2D eigenvalue weighted by Crippen LogP contribution is -2.50. The van der Waals surface area contributed by atoms with Crippen molar-refractivity contribution in [3.63, 3.8) is 0 Å². The van der Waals surface area contributed by atoms with Crippen LogP contribution in [0.3, 0.4) is 0 Å². The number of amides is 2. The van der Waals surface area contributed by atoms with E-state index in [0.29, 0.717) is 18.1 Å². The van der Waals surface area contributed by atoms with Gasteiger partial charge in [-0.15, -0.1) is 0 Å². The first kappa shape index (κ1) is 21.9. The van der Waals surface area contributed by atoms with Crippen LogP contribution in [-0.4, -0.2) is 84.8 Å². The van der Waals surface area contributed by atoms with Gasteiger partial charge >= 0.3 is 6.09 Å². The predicted molar refractivity (Wildman–Crippen MR) is 117 cm³/mol. The molecule has 160 valence electrons. The van der Waals surface area contributed by atoms with Crippen molar-refractivity contribution in [3.8, 4) is 11.3 Å². The Balaban J connectivity index is 1.54. The fourth-order valence-corrected chi connectivity index (χ4v) is 3.46. The average molecular weight is 432 g/mol. The Morgan fingerprint density at radius 3 is 2.47 bits per heavy atom. The van der Waals surface area contributed by atoms with E-state index in [4.69, 9.17) is 16.6 Å². The molecule has 0 aliphatic carbocycles. The number of anilines is 1. The molecule has 2 N–H and O–H groups in total. The first-order valence-electron chi connectivity index (χ1n) is 9.85. The predicted octanol–water partition coefficient (Wildman–Crippen LogP) is 2.25. The highest BCUT2D eigenvalue weighted by Crippen LogP contribution is 2.23. The monoisotopic (exact) mass is 431 g/mol. The summed E-state index contributed by atoms with van der Waals surface area (Å²) in [6, 6.07) is 13.6.